The molecule has 0 aliphatic heterocycles. The van der Waals surface area contributed by atoms with Crippen molar-refractivity contribution in [2.24, 2.45) is 0 Å². The molecule has 0 bridgehead atoms. The molecule has 0 fully saturated rings. The summed E-state index contributed by atoms with van der Waals surface area (Å²) in [5.74, 6) is -0.166. The first-order valence-electron chi connectivity index (χ1n) is 6.52. The zero-order chi connectivity index (χ0) is 14.5. The van der Waals surface area contributed by atoms with Gasteiger partial charge in [-0.25, -0.2) is 4.98 Å². The van der Waals surface area contributed by atoms with E-state index >= 15 is 0 Å². The van der Waals surface area contributed by atoms with E-state index in [2.05, 4.69) is 10.3 Å². The van der Waals surface area contributed by atoms with Crippen LogP contribution >= 0.6 is 11.3 Å². The van der Waals surface area contributed by atoms with Crippen LogP contribution in [0.5, 0.6) is 0 Å². The van der Waals surface area contributed by atoms with Crippen LogP contribution in [-0.2, 0) is 6.42 Å². The lowest BCUT2D eigenvalue weighted by Gasteiger charge is -2.05. The molecule has 1 unspecified atom stereocenters. The number of aliphatic hydroxyl groups is 1. The number of amides is 1. The van der Waals surface area contributed by atoms with Gasteiger partial charge in [-0.05, 0) is 19.4 Å². The summed E-state index contributed by atoms with van der Waals surface area (Å²) in [5, 5.41) is 12.8. The van der Waals surface area contributed by atoms with Crippen molar-refractivity contribution in [2.75, 3.05) is 6.54 Å². The Morgan fingerprint density at radius 2 is 2.10 bits per heavy atom. The van der Waals surface area contributed by atoms with Gasteiger partial charge in [-0.3, -0.25) is 4.79 Å². The van der Waals surface area contributed by atoms with Crippen molar-refractivity contribution in [1.82, 2.24) is 10.3 Å². The van der Waals surface area contributed by atoms with Crippen LogP contribution in [0, 0.1) is 6.92 Å². The van der Waals surface area contributed by atoms with E-state index < -0.39 is 6.10 Å². The maximum Gasteiger partial charge on any atom is 0.263 e. The molecule has 0 aliphatic carbocycles. The van der Waals surface area contributed by atoms with E-state index in [1.165, 1.54) is 16.9 Å². The highest BCUT2D eigenvalue weighted by molar-refractivity contribution is 7.13. The van der Waals surface area contributed by atoms with Crippen molar-refractivity contribution >= 4 is 17.2 Å². The van der Waals surface area contributed by atoms with Crippen molar-refractivity contribution < 1.29 is 9.90 Å². The Kier molecular flexibility index (Phi) is 4.87. The third kappa shape index (κ3) is 3.88. The van der Waals surface area contributed by atoms with Crippen LogP contribution in [0.25, 0.3) is 0 Å². The van der Waals surface area contributed by atoms with E-state index in [9.17, 15) is 9.90 Å². The smallest absolute Gasteiger partial charge is 0.263 e. The third-order valence-electron chi connectivity index (χ3n) is 2.80. The Hall–Kier alpha value is -1.72. The van der Waals surface area contributed by atoms with E-state index in [0.717, 1.165) is 17.1 Å². The number of nitrogens with zero attached hydrogens (tertiary/aromatic N) is 1. The highest BCUT2D eigenvalue weighted by Crippen LogP contribution is 2.20. The summed E-state index contributed by atoms with van der Waals surface area (Å²) in [6.45, 7) is 3.73. The van der Waals surface area contributed by atoms with Crippen LogP contribution in [0.1, 0.15) is 32.9 Å². The van der Waals surface area contributed by atoms with E-state index in [-0.39, 0.29) is 12.5 Å². The van der Waals surface area contributed by atoms with Gasteiger partial charge in [-0.2, -0.15) is 0 Å². The Bertz CT molecular complexity index is 579. The molecule has 1 amide bonds. The molecule has 2 aromatic rings. The van der Waals surface area contributed by atoms with Gasteiger partial charge >= 0.3 is 0 Å². The number of carbonyl (C=O) groups is 1. The average molecular weight is 290 g/mol. The normalized spacial score (nSPS) is 12.2. The number of aryl methyl sites for hydroxylation is 1. The zero-order valence-electron chi connectivity index (χ0n) is 11.6. The standard InChI is InChI=1S/C15H18N2O2S/c1-10(18)9-16-15(19)14-11(2)17-13(20-14)8-12-6-4-3-5-7-12/h3-7,10,18H,8-9H2,1-2H3,(H,16,19). The number of aliphatic hydroxyl groups excluding tert-OH is 1. The molecule has 20 heavy (non-hydrogen) atoms. The van der Waals surface area contributed by atoms with Gasteiger partial charge in [-0.15, -0.1) is 11.3 Å². The molecule has 1 aromatic carbocycles. The average Bonchev–Trinajstić information content (AvgIpc) is 2.78. The summed E-state index contributed by atoms with van der Waals surface area (Å²) in [6, 6.07) is 10.1. The minimum atomic E-state index is -0.545. The summed E-state index contributed by atoms with van der Waals surface area (Å²) in [5.41, 5.74) is 1.92. The van der Waals surface area contributed by atoms with Crippen molar-refractivity contribution in [3.05, 3.63) is 51.5 Å². The highest BCUT2D eigenvalue weighted by Gasteiger charge is 2.15. The molecule has 0 saturated heterocycles. The van der Waals surface area contributed by atoms with E-state index in [0.29, 0.717) is 4.88 Å². The number of nitrogens with one attached hydrogen (secondary N) is 1. The lowest BCUT2D eigenvalue weighted by Crippen LogP contribution is -2.30. The lowest BCUT2D eigenvalue weighted by molar-refractivity contribution is 0.0927. The van der Waals surface area contributed by atoms with E-state index in [4.69, 9.17) is 0 Å². The Morgan fingerprint density at radius 3 is 2.75 bits per heavy atom. The molecule has 1 atom stereocenters. The first-order chi connectivity index (χ1) is 9.56. The number of rotatable bonds is 5. The fraction of sp³-hybridized carbons (Fsp3) is 0.333. The van der Waals surface area contributed by atoms with Gasteiger partial charge in [-0.1, -0.05) is 30.3 Å². The van der Waals surface area contributed by atoms with Gasteiger partial charge in [0, 0.05) is 13.0 Å². The molecule has 106 valence electrons. The Balaban J connectivity index is 2.07. The molecule has 2 rings (SSSR count). The maximum atomic E-state index is 12.0. The summed E-state index contributed by atoms with van der Waals surface area (Å²) >= 11 is 1.41. The van der Waals surface area contributed by atoms with Gasteiger partial charge in [0.25, 0.3) is 5.91 Å². The summed E-state index contributed by atoms with van der Waals surface area (Å²) in [4.78, 5) is 17.1. The Labute approximate surface area is 122 Å². The predicted octanol–water partition coefficient (Wildman–Crippen LogP) is 2.15. The molecule has 1 aromatic heterocycles. The second-order valence-corrected chi connectivity index (χ2v) is 5.83. The molecular weight excluding hydrogens is 272 g/mol. The molecule has 0 spiro atoms. The maximum absolute atomic E-state index is 12.0. The van der Waals surface area contributed by atoms with Crippen LogP contribution in [-0.4, -0.2) is 28.6 Å². The van der Waals surface area contributed by atoms with Crippen molar-refractivity contribution in [2.45, 2.75) is 26.4 Å². The number of benzene rings is 1. The highest BCUT2D eigenvalue weighted by atomic mass is 32.1. The van der Waals surface area contributed by atoms with Crippen molar-refractivity contribution in [1.29, 1.82) is 0 Å². The van der Waals surface area contributed by atoms with Crippen LogP contribution < -0.4 is 5.32 Å². The molecular formula is C15H18N2O2S. The third-order valence-corrected chi connectivity index (χ3v) is 3.96. The molecule has 1 heterocycles. The number of carbonyl (C=O) groups excluding carboxylic acids is 1. The second kappa shape index (κ2) is 6.63. The van der Waals surface area contributed by atoms with Gasteiger partial charge in [0.05, 0.1) is 16.8 Å². The molecule has 4 nitrogen and oxygen atoms in total. The summed E-state index contributed by atoms with van der Waals surface area (Å²) in [7, 11) is 0. The molecule has 5 heteroatoms. The second-order valence-electron chi connectivity index (χ2n) is 4.74. The van der Waals surface area contributed by atoms with Gasteiger partial charge in [0.1, 0.15) is 4.88 Å². The Morgan fingerprint density at radius 1 is 1.40 bits per heavy atom. The molecule has 0 radical (unpaired) electrons. The summed E-state index contributed by atoms with van der Waals surface area (Å²) in [6.07, 6.45) is 0.187. The topological polar surface area (TPSA) is 62.2 Å². The van der Waals surface area contributed by atoms with E-state index in [1.54, 1.807) is 6.92 Å². The minimum Gasteiger partial charge on any atom is -0.392 e. The molecule has 0 aliphatic rings. The van der Waals surface area contributed by atoms with Crippen molar-refractivity contribution in [3.63, 3.8) is 0 Å². The van der Waals surface area contributed by atoms with Gasteiger partial charge in [0.15, 0.2) is 0 Å². The number of hydrogen-bond donors (Lipinski definition) is 2. The number of aromatic nitrogens is 1. The fourth-order valence-electron chi connectivity index (χ4n) is 1.83. The first-order valence-corrected chi connectivity index (χ1v) is 7.34. The number of hydrogen-bond acceptors (Lipinski definition) is 4. The summed E-state index contributed by atoms with van der Waals surface area (Å²) < 4.78 is 0. The minimum absolute atomic E-state index is 0.166. The van der Waals surface area contributed by atoms with Crippen molar-refractivity contribution in [3.8, 4) is 0 Å². The molecule has 2 N–H and O–H groups in total. The predicted molar refractivity (Wildman–Crippen MR) is 80.1 cm³/mol. The fourth-order valence-corrected chi connectivity index (χ4v) is 2.84. The van der Waals surface area contributed by atoms with Gasteiger partial charge in [0.2, 0.25) is 0 Å². The molecule has 0 saturated carbocycles. The lowest BCUT2D eigenvalue weighted by atomic mass is 10.2. The SMILES string of the molecule is Cc1nc(Cc2ccccc2)sc1C(=O)NCC(C)O. The van der Waals surface area contributed by atoms with Crippen LogP contribution in [0.3, 0.4) is 0 Å². The van der Waals surface area contributed by atoms with Crippen LogP contribution in [0.15, 0.2) is 30.3 Å². The van der Waals surface area contributed by atoms with E-state index in [1.807, 2.05) is 37.3 Å². The largest absolute Gasteiger partial charge is 0.392 e. The monoisotopic (exact) mass is 290 g/mol. The zero-order valence-corrected chi connectivity index (χ0v) is 12.4. The quantitative estimate of drug-likeness (QED) is 0.887. The number of thiazole rings is 1. The van der Waals surface area contributed by atoms with Gasteiger partial charge < -0.3 is 10.4 Å². The van der Waals surface area contributed by atoms with Crippen LogP contribution in [0.2, 0.25) is 0 Å². The first kappa shape index (κ1) is 14.7. The van der Waals surface area contributed by atoms with Crippen LogP contribution in [0.4, 0.5) is 0 Å².